The maximum absolute atomic E-state index is 12.7. The van der Waals surface area contributed by atoms with Crippen LogP contribution in [0.3, 0.4) is 0 Å². The van der Waals surface area contributed by atoms with Gasteiger partial charge in [0.1, 0.15) is 6.07 Å². The van der Waals surface area contributed by atoms with Crippen LogP contribution in [0.1, 0.15) is 42.3 Å². The number of halogens is 3. The number of rotatable bonds is 1. The smallest absolute Gasteiger partial charge is 0.256 e. The molecule has 0 aromatic carbocycles. The van der Waals surface area contributed by atoms with Crippen LogP contribution in [0, 0.1) is 18.3 Å². The van der Waals surface area contributed by atoms with Gasteiger partial charge in [-0.3, -0.25) is 4.98 Å². The molecule has 0 aliphatic carbocycles. The Kier molecular flexibility index (Phi) is 3.22. The van der Waals surface area contributed by atoms with Crippen LogP contribution in [0.4, 0.5) is 13.2 Å². The molecule has 0 amide bonds. The molecule has 0 N–H and O–H groups in total. The highest BCUT2D eigenvalue weighted by atomic mass is 19.4. The molecule has 1 aromatic heterocycles. The highest BCUT2D eigenvalue weighted by Crippen LogP contribution is 2.34. The molecule has 86 valence electrons. The van der Waals surface area contributed by atoms with Crippen molar-refractivity contribution < 1.29 is 13.2 Å². The van der Waals surface area contributed by atoms with Gasteiger partial charge in [-0.15, -0.1) is 0 Å². The minimum Gasteiger partial charge on any atom is -0.256 e. The first kappa shape index (κ1) is 12.5. The Morgan fingerprint density at radius 1 is 1.38 bits per heavy atom. The first-order chi connectivity index (χ1) is 7.27. The SMILES string of the molecule is Cc1nc(C(C)C)cc(C(F)(F)F)c1C#N. The van der Waals surface area contributed by atoms with Gasteiger partial charge in [0.15, 0.2) is 0 Å². The molecule has 5 heteroatoms. The lowest BCUT2D eigenvalue weighted by Crippen LogP contribution is -2.12. The summed E-state index contributed by atoms with van der Waals surface area (Å²) in [5.41, 5.74) is -0.812. The first-order valence-corrected chi connectivity index (χ1v) is 4.76. The fourth-order valence-corrected chi connectivity index (χ4v) is 1.36. The maximum atomic E-state index is 12.7. The summed E-state index contributed by atoms with van der Waals surface area (Å²) in [5, 5.41) is 8.70. The molecule has 2 nitrogen and oxygen atoms in total. The molecule has 0 atom stereocenters. The molecule has 0 bridgehead atoms. The second kappa shape index (κ2) is 4.12. The molecule has 1 heterocycles. The predicted octanol–water partition coefficient (Wildman–Crippen LogP) is 3.40. The second-order valence-corrected chi connectivity index (χ2v) is 3.82. The summed E-state index contributed by atoms with van der Waals surface area (Å²) in [5.74, 6) is -0.104. The number of hydrogen-bond acceptors (Lipinski definition) is 2. The monoisotopic (exact) mass is 228 g/mol. The summed E-state index contributed by atoms with van der Waals surface area (Å²) in [6, 6.07) is 2.51. The van der Waals surface area contributed by atoms with Crippen LogP contribution in [0.2, 0.25) is 0 Å². The molecule has 0 radical (unpaired) electrons. The van der Waals surface area contributed by atoms with Crippen LogP contribution in [0.5, 0.6) is 0 Å². The lowest BCUT2D eigenvalue weighted by molar-refractivity contribution is -0.137. The van der Waals surface area contributed by atoms with Crippen molar-refractivity contribution in [3.8, 4) is 6.07 Å². The average molecular weight is 228 g/mol. The molecule has 0 aliphatic rings. The Balaban J connectivity index is 3.51. The van der Waals surface area contributed by atoms with Gasteiger partial charge in [-0.25, -0.2) is 0 Å². The minimum absolute atomic E-state index is 0.104. The standard InChI is InChI=1S/C11H11F3N2/c1-6(2)10-4-9(11(12,13)14)8(5-15)7(3)16-10/h4,6H,1-3H3. The van der Waals surface area contributed by atoms with Crippen molar-refractivity contribution in [3.05, 3.63) is 28.6 Å². The molecule has 1 rings (SSSR count). The molecule has 0 aliphatic heterocycles. The van der Waals surface area contributed by atoms with Crippen molar-refractivity contribution in [2.24, 2.45) is 0 Å². The normalized spacial score (nSPS) is 11.6. The number of nitrogens with zero attached hydrogens (tertiary/aromatic N) is 2. The van der Waals surface area contributed by atoms with Crippen LogP contribution in [-0.4, -0.2) is 4.98 Å². The Morgan fingerprint density at radius 3 is 2.31 bits per heavy atom. The lowest BCUT2D eigenvalue weighted by atomic mass is 10.0. The summed E-state index contributed by atoms with van der Waals surface area (Å²) < 4.78 is 38.0. The Morgan fingerprint density at radius 2 is 1.94 bits per heavy atom. The van der Waals surface area contributed by atoms with E-state index in [2.05, 4.69) is 4.98 Å². The average Bonchev–Trinajstić information content (AvgIpc) is 2.14. The molecule has 0 fully saturated rings. The van der Waals surface area contributed by atoms with E-state index in [-0.39, 0.29) is 11.6 Å². The van der Waals surface area contributed by atoms with Crippen molar-refractivity contribution in [1.29, 1.82) is 5.26 Å². The van der Waals surface area contributed by atoms with Crippen molar-refractivity contribution in [3.63, 3.8) is 0 Å². The van der Waals surface area contributed by atoms with Gasteiger partial charge < -0.3 is 0 Å². The molecule has 0 saturated heterocycles. The van der Waals surface area contributed by atoms with E-state index in [0.717, 1.165) is 6.07 Å². The van der Waals surface area contributed by atoms with Gasteiger partial charge in [0.05, 0.1) is 16.8 Å². The molecule has 16 heavy (non-hydrogen) atoms. The zero-order valence-electron chi connectivity index (χ0n) is 9.18. The Bertz CT molecular complexity index is 442. The molecule has 0 spiro atoms. The molecular weight excluding hydrogens is 217 g/mol. The van der Waals surface area contributed by atoms with Crippen molar-refractivity contribution in [2.45, 2.75) is 32.9 Å². The van der Waals surface area contributed by atoms with E-state index in [9.17, 15) is 13.2 Å². The summed E-state index contributed by atoms with van der Waals surface area (Å²) in [7, 11) is 0. The van der Waals surface area contributed by atoms with E-state index >= 15 is 0 Å². The summed E-state index contributed by atoms with van der Waals surface area (Å²) in [6.45, 7) is 4.93. The van der Waals surface area contributed by atoms with E-state index in [0.29, 0.717) is 5.69 Å². The number of hydrogen-bond donors (Lipinski definition) is 0. The van der Waals surface area contributed by atoms with Gasteiger partial charge in [-0.2, -0.15) is 18.4 Å². The van der Waals surface area contributed by atoms with Crippen LogP contribution >= 0.6 is 0 Å². The fourth-order valence-electron chi connectivity index (χ4n) is 1.36. The summed E-state index contributed by atoms with van der Waals surface area (Å²) in [4.78, 5) is 4.00. The van der Waals surface area contributed by atoms with E-state index in [1.807, 2.05) is 0 Å². The number of aryl methyl sites for hydroxylation is 1. The third kappa shape index (κ3) is 2.32. The minimum atomic E-state index is -4.51. The third-order valence-electron chi connectivity index (χ3n) is 2.23. The Hall–Kier alpha value is -1.57. The summed E-state index contributed by atoms with van der Waals surface area (Å²) >= 11 is 0. The zero-order valence-corrected chi connectivity index (χ0v) is 9.18. The number of pyridine rings is 1. The van der Waals surface area contributed by atoms with Crippen molar-refractivity contribution >= 4 is 0 Å². The highest BCUT2D eigenvalue weighted by Gasteiger charge is 2.35. The van der Waals surface area contributed by atoms with Crippen LogP contribution in [0.15, 0.2) is 6.07 Å². The van der Waals surface area contributed by atoms with E-state index in [4.69, 9.17) is 5.26 Å². The molecule has 1 aromatic rings. The van der Waals surface area contributed by atoms with Gasteiger partial charge in [0.2, 0.25) is 0 Å². The molecule has 0 unspecified atom stereocenters. The predicted molar refractivity (Wildman–Crippen MR) is 52.8 cm³/mol. The van der Waals surface area contributed by atoms with E-state index in [1.54, 1.807) is 19.9 Å². The maximum Gasteiger partial charge on any atom is 0.417 e. The number of aromatic nitrogens is 1. The van der Waals surface area contributed by atoms with Gasteiger partial charge >= 0.3 is 6.18 Å². The van der Waals surface area contributed by atoms with E-state index in [1.165, 1.54) is 6.92 Å². The lowest BCUT2D eigenvalue weighted by Gasteiger charge is -2.13. The van der Waals surface area contributed by atoms with Crippen molar-refractivity contribution in [1.82, 2.24) is 4.98 Å². The first-order valence-electron chi connectivity index (χ1n) is 4.76. The van der Waals surface area contributed by atoms with Crippen LogP contribution in [-0.2, 0) is 6.18 Å². The quantitative estimate of drug-likeness (QED) is 0.738. The molecule has 0 saturated carbocycles. The molecular formula is C11H11F3N2. The highest BCUT2D eigenvalue weighted by molar-refractivity contribution is 5.43. The zero-order chi connectivity index (χ0) is 12.5. The Labute approximate surface area is 91.7 Å². The van der Waals surface area contributed by atoms with Crippen LogP contribution < -0.4 is 0 Å². The van der Waals surface area contributed by atoms with E-state index < -0.39 is 17.3 Å². The van der Waals surface area contributed by atoms with Gasteiger partial charge in [-0.05, 0) is 18.9 Å². The third-order valence-corrected chi connectivity index (χ3v) is 2.23. The fraction of sp³-hybridized carbons (Fsp3) is 0.455. The van der Waals surface area contributed by atoms with Gasteiger partial charge in [0, 0.05) is 5.69 Å². The number of alkyl halides is 3. The topological polar surface area (TPSA) is 36.7 Å². The van der Waals surface area contributed by atoms with Crippen LogP contribution in [0.25, 0.3) is 0 Å². The second-order valence-electron chi connectivity index (χ2n) is 3.82. The number of nitriles is 1. The largest absolute Gasteiger partial charge is 0.417 e. The van der Waals surface area contributed by atoms with Crippen molar-refractivity contribution in [2.75, 3.05) is 0 Å². The summed E-state index contributed by atoms with van der Waals surface area (Å²) in [6.07, 6.45) is -4.51. The van der Waals surface area contributed by atoms with Gasteiger partial charge in [0.25, 0.3) is 0 Å². The van der Waals surface area contributed by atoms with Gasteiger partial charge in [-0.1, -0.05) is 13.8 Å².